The number of carbonyl (C=O) groups excluding carboxylic acids is 1. The van der Waals surface area contributed by atoms with E-state index in [4.69, 9.17) is 4.79 Å². The maximum absolute atomic E-state index is 9.06. The number of allylic oxidation sites excluding steroid dienone is 1. The van der Waals surface area contributed by atoms with Gasteiger partial charge < -0.3 is 4.90 Å². The molecular weight excluding hydrogens is 102 g/mol. The average molecular weight is 115 g/mol. The van der Waals surface area contributed by atoms with Crippen molar-refractivity contribution in [2.75, 3.05) is 21.1 Å². The van der Waals surface area contributed by atoms with Crippen LogP contribution in [0.1, 0.15) is 0 Å². The summed E-state index contributed by atoms with van der Waals surface area (Å²) in [5, 5.41) is 0. The van der Waals surface area contributed by atoms with E-state index in [1.54, 1.807) is 0 Å². The molecule has 0 saturated heterocycles. The van der Waals surface area contributed by atoms with Crippen molar-refractivity contribution in [3.63, 3.8) is 0 Å². The van der Waals surface area contributed by atoms with Crippen LogP contribution in [0.15, 0.2) is 12.7 Å². The fourth-order valence-corrected chi connectivity index (χ4v) is 0. The zero-order valence-corrected chi connectivity index (χ0v) is 5.72. The summed E-state index contributed by atoms with van der Waals surface area (Å²) < 4.78 is 0. The molecule has 0 spiro atoms. The van der Waals surface area contributed by atoms with Crippen LogP contribution < -0.4 is 0 Å². The van der Waals surface area contributed by atoms with Crippen molar-refractivity contribution < 1.29 is 4.79 Å². The van der Waals surface area contributed by atoms with Crippen LogP contribution in [-0.2, 0) is 4.79 Å². The molecule has 0 aromatic heterocycles. The highest BCUT2D eigenvalue weighted by Gasteiger charge is 1.58. The monoisotopic (exact) mass is 115 g/mol. The van der Waals surface area contributed by atoms with Crippen molar-refractivity contribution >= 4 is 6.29 Å². The molecule has 0 fully saturated rings. The first-order valence-electron chi connectivity index (χ1n) is 2.32. The van der Waals surface area contributed by atoms with E-state index in [0.29, 0.717) is 6.29 Å². The lowest BCUT2D eigenvalue weighted by atomic mass is 10.8. The van der Waals surface area contributed by atoms with Gasteiger partial charge in [-0.25, -0.2) is 0 Å². The van der Waals surface area contributed by atoms with Gasteiger partial charge in [0.05, 0.1) is 0 Å². The summed E-state index contributed by atoms with van der Waals surface area (Å²) in [4.78, 5) is 11.1. The van der Waals surface area contributed by atoms with Crippen LogP contribution in [0, 0.1) is 0 Å². The predicted molar refractivity (Wildman–Crippen MR) is 35.9 cm³/mol. The number of nitrogens with zero attached hydrogens (tertiary/aromatic N) is 1. The standard InChI is InChI=1S/C3H9N.C3H4O/c1-4(2)3;1-2-3-4/h1-3H3;2-3H,1H2. The van der Waals surface area contributed by atoms with Gasteiger partial charge in [0.15, 0.2) is 0 Å². The molecule has 0 radical (unpaired) electrons. The Labute approximate surface area is 50.8 Å². The molecule has 8 heavy (non-hydrogen) atoms. The van der Waals surface area contributed by atoms with E-state index in [2.05, 4.69) is 6.58 Å². The van der Waals surface area contributed by atoms with E-state index < -0.39 is 0 Å². The highest BCUT2D eigenvalue weighted by molar-refractivity contribution is 5.63. The summed E-state index contributed by atoms with van der Waals surface area (Å²) in [6, 6.07) is 0. The molecule has 48 valence electrons. The van der Waals surface area contributed by atoms with E-state index in [9.17, 15) is 0 Å². The molecule has 0 rings (SSSR count). The SMILES string of the molecule is C=CC=O.CN(C)C. The average Bonchev–Trinajstić information content (AvgIpc) is 1.65. The van der Waals surface area contributed by atoms with E-state index in [1.807, 2.05) is 26.0 Å². The lowest BCUT2D eigenvalue weighted by molar-refractivity contribution is -0.104. The first kappa shape index (κ1) is 10.4. The Balaban J connectivity index is 0. The van der Waals surface area contributed by atoms with Gasteiger partial charge in [0, 0.05) is 0 Å². The molecule has 0 aliphatic heterocycles. The van der Waals surface area contributed by atoms with Crippen LogP contribution in [0.25, 0.3) is 0 Å². The maximum atomic E-state index is 9.06. The molecule has 0 bridgehead atoms. The minimum absolute atomic E-state index is 0.639. The second-order valence-electron chi connectivity index (χ2n) is 1.71. The topological polar surface area (TPSA) is 20.3 Å². The van der Waals surface area contributed by atoms with Gasteiger partial charge >= 0.3 is 0 Å². The van der Waals surface area contributed by atoms with Crippen molar-refractivity contribution in [1.82, 2.24) is 4.90 Å². The normalized spacial score (nSPS) is 7.00. The van der Waals surface area contributed by atoms with Gasteiger partial charge in [0.25, 0.3) is 0 Å². The quantitative estimate of drug-likeness (QED) is 0.367. The van der Waals surface area contributed by atoms with Gasteiger partial charge in [-0.3, -0.25) is 4.79 Å². The Morgan fingerprint density at radius 1 is 1.38 bits per heavy atom. The molecule has 0 saturated carbocycles. The third-order valence-corrected chi connectivity index (χ3v) is 0.0962. The lowest BCUT2D eigenvalue weighted by Crippen LogP contribution is -1.99. The Bertz CT molecular complexity index is 50.8. The number of rotatable bonds is 1. The van der Waals surface area contributed by atoms with Crippen LogP contribution in [0.2, 0.25) is 0 Å². The minimum atomic E-state index is 0.639. The van der Waals surface area contributed by atoms with Gasteiger partial charge in [-0.05, 0) is 27.2 Å². The van der Waals surface area contributed by atoms with Gasteiger partial charge in [-0.2, -0.15) is 0 Å². The number of hydrogen-bond donors (Lipinski definition) is 0. The van der Waals surface area contributed by atoms with Crippen molar-refractivity contribution in [1.29, 1.82) is 0 Å². The second-order valence-corrected chi connectivity index (χ2v) is 1.71. The molecule has 0 aliphatic rings. The molecule has 0 N–H and O–H groups in total. The summed E-state index contributed by atoms with van der Waals surface area (Å²) in [6.45, 7) is 3.11. The fourth-order valence-electron chi connectivity index (χ4n) is 0. The molecule has 0 aromatic carbocycles. The highest BCUT2D eigenvalue weighted by atomic mass is 16.1. The van der Waals surface area contributed by atoms with Crippen LogP contribution in [0.5, 0.6) is 0 Å². The zero-order chi connectivity index (χ0) is 6.99. The highest BCUT2D eigenvalue weighted by Crippen LogP contribution is 1.47. The van der Waals surface area contributed by atoms with Crippen molar-refractivity contribution in [2.45, 2.75) is 0 Å². The van der Waals surface area contributed by atoms with Crippen molar-refractivity contribution in [2.24, 2.45) is 0 Å². The first-order valence-corrected chi connectivity index (χ1v) is 2.32. The Morgan fingerprint density at radius 2 is 1.50 bits per heavy atom. The predicted octanol–water partition coefficient (Wildman–Crippen LogP) is 0.549. The van der Waals surface area contributed by atoms with E-state index in [0.717, 1.165) is 0 Å². The zero-order valence-electron chi connectivity index (χ0n) is 5.72. The molecule has 0 unspecified atom stereocenters. The summed E-state index contributed by atoms with van der Waals surface area (Å²) in [7, 11) is 6.00. The summed E-state index contributed by atoms with van der Waals surface area (Å²) in [6.07, 6.45) is 1.83. The Hall–Kier alpha value is -0.630. The van der Waals surface area contributed by atoms with Crippen molar-refractivity contribution in [3.05, 3.63) is 12.7 Å². The van der Waals surface area contributed by atoms with E-state index >= 15 is 0 Å². The smallest absolute Gasteiger partial charge is 0.142 e. The summed E-state index contributed by atoms with van der Waals surface area (Å²) in [5.41, 5.74) is 0. The van der Waals surface area contributed by atoms with Crippen LogP contribution in [0.4, 0.5) is 0 Å². The molecule has 0 aliphatic carbocycles. The Morgan fingerprint density at radius 3 is 1.50 bits per heavy atom. The maximum Gasteiger partial charge on any atom is 0.142 e. The van der Waals surface area contributed by atoms with Gasteiger partial charge in [-0.1, -0.05) is 6.58 Å². The largest absolute Gasteiger partial charge is 0.312 e. The lowest BCUT2D eigenvalue weighted by Gasteiger charge is -1.90. The third kappa shape index (κ3) is 749. The van der Waals surface area contributed by atoms with E-state index in [-0.39, 0.29) is 0 Å². The molecule has 2 heteroatoms. The fraction of sp³-hybridized carbons (Fsp3) is 0.500. The van der Waals surface area contributed by atoms with Crippen molar-refractivity contribution in [3.8, 4) is 0 Å². The molecule has 0 amide bonds. The summed E-state index contributed by atoms with van der Waals surface area (Å²) in [5.74, 6) is 0. The van der Waals surface area contributed by atoms with Gasteiger partial charge in [-0.15, -0.1) is 0 Å². The molecule has 0 atom stereocenters. The number of carbonyl (C=O) groups is 1. The Kier molecular flexibility index (Phi) is 12.5. The molecular formula is C6H13NO. The molecule has 0 heterocycles. The van der Waals surface area contributed by atoms with Crippen LogP contribution in [0.3, 0.4) is 0 Å². The first-order chi connectivity index (χ1) is 3.65. The minimum Gasteiger partial charge on any atom is -0.312 e. The molecule has 2 nitrogen and oxygen atoms in total. The van der Waals surface area contributed by atoms with Gasteiger partial charge in [0.1, 0.15) is 6.29 Å². The van der Waals surface area contributed by atoms with Crippen LogP contribution >= 0.6 is 0 Å². The number of hydrogen-bond acceptors (Lipinski definition) is 2. The second kappa shape index (κ2) is 9.62. The number of aldehydes is 1. The van der Waals surface area contributed by atoms with Crippen LogP contribution in [-0.4, -0.2) is 32.3 Å². The molecule has 0 aromatic rings. The van der Waals surface area contributed by atoms with E-state index in [1.165, 1.54) is 6.08 Å². The third-order valence-electron chi connectivity index (χ3n) is 0.0962. The summed E-state index contributed by atoms with van der Waals surface area (Å²) >= 11 is 0. The van der Waals surface area contributed by atoms with Gasteiger partial charge in [0.2, 0.25) is 0 Å².